The number of amides is 2. The molecule has 1 aromatic heterocycles. The highest BCUT2D eigenvalue weighted by molar-refractivity contribution is 6.03. The Hall–Kier alpha value is -4.01. The molecule has 5 rings (SSSR count). The van der Waals surface area contributed by atoms with Gasteiger partial charge < -0.3 is 19.4 Å². The van der Waals surface area contributed by atoms with Crippen molar-refractivity contribution in [2.75, 3.05) is 18.6 Å². The van der Waals surface area contributed by atoms with Gasteiger partial charge in [0, 0.05) is 19.2 Å². The first-order valence-corrected chi connectivity index (χ1v) is 10.3. The normalized spacial score (nSPS) is 17.2. The van der Waals surface area contributed by atoms with Gasteiger partial charge >= 0.3 is 11.8 Å². The highest BCUT2D eigenvalue weighted by atomic mass is 16.5. The van der Waals surface area contributed by atoms with Crippen molar-refractivity contribution in [3.05, 3.63) is 65.4 Å². The van der Waals surface area contributed by atoms with Gasteiger partial charge in [-0.3, -0.25) is 14.6 Å². The van der Waals surface area contributed by atoms with E-state index in [0.717, 1.165) is 28.9 Å². The molecule has 0 unspecified atom stereocenters. The predicted molar refractivity (Wildman–Crippen MR) is 117 cm³/mol. The number of rotatable bonds is 4. The van der Waals surface area contributed by atoms with E-state index in [0.29, 0.717) is 23.7 Å². The first-order chi connectivity index (χ1) is 15.5. The van der Waals surface area contributed by atoms with Gasteiger partial charge in [0.15, 0.2) is 0 Å². The predicted octanol–water partition coefficient (Wildman–Crippen LogP) is 2.46. The number of aromatic nitrogens is 2. The number of nitrogens with one attached hydrogen (secondary N) is 1. The van der Waals surface area contributed by atoms with Crippen LogP contribution in [0.3, 0.4) is 0 Å². The molecule has 0 aliphatic carbocycles. The second-order valence-corrected chi connectivity index (χ2v) is 7.87. The fourth-order valence-electron chi connectivity index (χ4n) is 3.85. The summed E-state index contributed by atoms with van der Waals surface area (Å²) in [5.41, 5.74) is 4.52. The van der Waals surface area contributed by atoms with Gasteiger partial charge in [0.25, 0.3) is 5.91 Å². The van der Waals surface area contributed by atoms with Gasteiger partial charge in [-0.05, 0) is 30.2 Å². The number of hydrogen-bond donors (Lipinski definition) is 1. The van der Waals surface area contributed by atoms with Crippen molar-refractivity contribution in [2.45, 2.75) is 25.8 Å². The van der Waals surface area contributed by atoms with Gasteiger partial charge in [-0.1, -0.05) is 30.3 Å². The van der Waals surface area contributed by atoms with Crippen LogP contribution < -0.4 is 15.0 Å². The number of anilines is 1. The number of carbonyl (C=O) groups is 2. The van der Waals surface area contributed by atoms with Crippen molar-refractivity contribution in [2.24, 2.45) is 4.99 Å². The maximum absolute atomic E-state index is 13.0. The quantitative estimate of drug-likeness (QED) is 0.680. The van der Waals surface area contributed by atoms with E-state index in [1.165, 1.54) is 4.90 Å². The van der Waals surface area contributed by atoms with Crippen LogP contribution in [-0.4, -0.2) is 47.4 Å². The fraction of sp³-hybridized carbons (Fsp3) is 0.261. The number of likely N-dealkylation sites (N-methyl/N-ethyl adjacent to an activating group) is 1. The van der Waals surface area contributed by atoms with Crippen LogP contribution in [0.25, 0.3) is 0 Å². The van der Waals surface area contributed by atoms with E-state index in [4.69, 9.17) is 9.15 Å². The Kier molecular flexibility index (Phi) is 4.93. The zero-order valence-electron chi connectivity index (χ0n) is 17.7. The molecule has 2 aliphatic rings. The van der Waals surface area contributed by atoms with E-state index in [2.05, 4.69) is 20.5 Å². The molecule has 1 atom stereocenters. The topological polar surface area (TPSA) is 110 Å². The lowest BCUT2D eigenvalue weighted by molar-refractivity contribution is -0.120. The van der Waals surface area contributed by atoms with Gasteiger partial charge in [0.1, 0.15) is 18.4 Å². The maximum Gasteiger partial charge on any atom is 0.309 e. The Labute approximate surface area is 184 Å². The molecule has 2 aliphatic heterocycles. The van der Waals surface area contributed by atoms with Crippen molar-refractivity contribution >= 4 is 28.9 Å². The molecule has 0 saturated carbocycles. The minimum Gasteiger partial charge on any atom is -0.489 e. The summed E-state index contributed by atoms with van der Waals surface area (Å²) in [6.45, 7) is 1.96. The van der Waals surface area contributed by atoms with Crippen LogP contribution in [0, 0.1) is 0 Å². The summed E-state index contributed by atoms with van der Waals surface area (Å²) in [4.78, 5) is 31.7. The van der Waals surface area contributed by atoms with Gasteiger partial charge in [-0.2, -0.15) is 0 Å². The molecule has 2 aromatic carbocycles. The Balaban J connectivity index is 1.30. The standard InChI is InChI=1S/C23H21N5O4/c1-13-8-15-10-19-18(11-16(15)24-13)28(2)23(30)17(12-31-19)25-21(29)22-27-26-20(32-22)9-14-6-4-3-5-7-14/h3-7,10-11,17H,8-9,12H2,1-2H3,(H,25,29)/t17-/m0/s1. The molecule has 3 heterocycles. The molecule has 162 valence electrons. The monoisotopic (exact) mass is 431 g/mol. The van der Waals surface area contributed by atoms with Crippen LogP contribution in [0.5, 0.6) is 5.75 Å². The molecule has 2 amide bonds. The lowest BCUT2D eigenvalue weighted by atomic mass is 10.1. The van der Waals surface area contributed by atoms with Crippen LogP contribution in [0.1, 0.15) is 34.6 Å². The smallest absolute Gasteiger partial charge is 0.309 e. The summed E-state index contributed by atoms with van der Waals surface area (Å²) in [5.74, 6) is -0.221. The number of aliphatic imine (C=N–C) groups is 1. The second-order valence-electron chi connectivity index (χ2n) is 7.87. The van der Waals surface area contributed by atoms with E-state index >= 15 is 0 Å². The average Bonchev–Trinajstić information content (AvgIpc) is 3.38. The van der Waals surface area contributed by atoms with Crippen molar-refractivity contribution < 1.29 is 18.7 Å². The average molecular weight is 431 g/mol. The number of fused-ring (bicyclic) bond motifs is 2. The number of ether oxygens (including phenoxy) is 1. The molecule has 0 fully saturated rings. The van der Waals surface area contributed by atoms with E-state index < -0.39 is 11.9 Å². The third kappa shape index (κ3) is 3.73. The number of carbonyl (C=O) groups excluding carboxylic acids is 2. The fourth-order valence-corrected chi connectivity index (χ4v) is 3.85. The van der Waals surface area contributed by atoms with Gasteiger partial charge in [-0.15, -0.1) is 10.2 Å². The number of nitrogens with zero attached hydrogens (tertiary/aromatic N) is 4. The SMILES string of the molecule is CC1=Nc2cc3c(cc2C1)OC[C@H](NC(=O)c1nnc(Cc2ccccc2)o1)C(=O)N3C. The highest BCUT2D eigenvalue weighted by Crippen LogP contribution is 2.39. The Morgan fingerprint density at radius 2 is 2.03 bits per heavy atom. The first-order valence-electron chi connectivity index (χ1n) is 10.3. The molecule has 0 bridgehead atoms. The molecular weight excluding hydrogens is 410 g/mol. The zero-order valence-corrected chi connectivity index (χ0v) is 17.7. The van der Waals surface area contributed by atoms with E-state index in [1.54, 1.807) is 7.05 Å². The molecular formula is C23H21N5O4. The highest BCUT2D eigenvalue weighted by Gasteiger charge is 2.33. The molecule has 9 heteroatoms. The van der Waals surface area contributed by atoms with Crippen LogP contribution in [-0.2, 0) is 17.6 Å². The largest absolute Gasteiger partial charge is 0.489 e. The van der Waals surface area contributed by atoms with Crippen molar-refractivity contribution in [3.63, 3.8) is 0 Å². The minimum absolute atomic E-state index is 0.00838. The van der Waals surface area contributed by atoms with Crippen LogP contribution >= 0.6 is 0 Å². The van der Waals surface area contributed by atoms with E-state index in [-0.39, 0.29) is 18.4 Å². The van der Waals surface area contributed by atoms with Gasteiger partial charge in [-0.25, -0.2) is 0 Å². The maximum atomic E-state index is 13.0. The Morgan fingerprint density at radius 1 is 1.22 bits per heavy atom. The van der Waals surface area contributed by atoms with Crippen molar-refractivity contribution in [3.8, 4) is 5.75 Å². The summed E-state index contributed by atoms with van der Waals surface area (Å²) in [6.07, 6.45) is 1.17. The van der Waals surface area contributed by atoms with Crippen molar-refractivity contribution in [1.82, 2.24) is 15.5 Å². The molecule has 3 aromatic rings. The minimum atomic E-state index is -0.899. The summed E-state index contributed by atoms with van der Waals surface area (Å²) in [6, 6.07) is 12.5. The molecule has 0 saturated heterocycles. The first kappa shape index (κ1) is 19.9. The molecule has 1 N–H and O–H groups in total. The van der Waals surface area contributed by atoms with E-state index in [9.17, 15) is 9.59 Å². The lowest BCUT2D eigenvalue weighted by Crippen LogP contribution is -2.49. The number of hydrogen-bond acceptors (Lipinski definition) is 7. The van der Waals surface area contributed by atoms with Crippen LogP contribution in [0.15, 0.2) is 51.9 Å². The molecule has 0 radical (unpaired) electrons. The van der Waals surface area contributed by atoms with E-state index in [1.807, 2.05) is 49.4 Å². The third-order valence-corrected chi connectivity index (χ3v) is 5.48. The van der Waals surface area contributed by atoms with Crippen molar-refractivity contribution in [1.29, 1.82) is 0 Å². The second kappa shape index (κ2) is 7.92. The van der Waals surface area contributed by atoms with Crippen LogP contribution in [0.4, 0.5) is 11.4 Å². The Morgan fingerprint density at radius 3 is 2.84 bits per heavy atom. The molecule has 0 spiro atoms. The summed E-state index contributed by atoms with van der Waals surface area (Å²) in [5, 5.41) is 10.4. The van der Waals surface area contributed by atoms with Gasteiger partial charge in [0.2, 0.25) is 5.89 Å². The Bertz CT molecular complexity index is 1230. The number of benzene rings is 2. The third-order valence-electron chi connectivity index (χ3n) is 5.48. The lowest BCUT2D eigenvalue weighted by Gasteiger charge is -2.20. The zero-order chi connectivity index (χ0) is 22.2. The summed E-state index contributed by atoms with van der Waals surface area (Å²) < 4.78 is 11.4. The summed E-state index contributed by atoms with van der Waals surface area (Å²) >= 11 is 0. The summed E-state index contributed by atoms with van der Waals surface area (Å²) in [7, 11) is 1.65. The van der Waals surface area contributed by atoms with Crippen LogP contribution in [0.2, 0.25) is 0 Å². The molecule has 9 nitrogen and oxygen atoms in total. The van der Waals surface area contributed by atoms with Gasteiger partial charge in [0.05, 0.1) is 17.8 Å². The molecule has 32 heavy (non-hydrogen) atoms.